The van der Waals surface area contributed by atoms with Gasteiger partial charge in [0, 0.05) is 0 Å². The average molecular weight is 244 g/mol. The second-order valence-electron chi connectivity index (χ2n) is 2.99. The number of hydrogen-bond acceptors (Lipinski definition) is 4. The van der Waals surface area contributed by atoms with E-state index in [2.05, 4.69) is 0 Å². The number of carbonyl (C=O) groups excluding carboxylic acids is 1. The molecule has 0 aliphatic carbocycles. The van der Waals surface area contributed by atoms with Crippen LogP contribution >= 0.6 is 11.6 Å². The molecule has 16 heavy (non-hydrogen) atoms. The number of aliphatic carboxylic acids is 1. The molecule has 5 nitrogen and oxygen atoms in total. The topological polar surface area (TPSA) is 89.6 Å². The fourth-order valence-corrected chi connectivity index (χ4v) is 1.22. The van der Waals surface area contributed by atoms with E-state index in [0.717, 1.165) is 0 Å². The van der Waals surface area contributed by atoms with Crippen molar-refractivity contribution in [1.29, 1.82) is 0 Å². The van der Waals surface area contributed by atoms with Crippen LogP contribution < -0.4 is 5.73 Å². The molecule has 1 rings (SSSR count). The van der Waals surface area contributed by atoms with Crippen LogP contribution in [-0.4, -0.2) is 23.7 Å². The van der Waals surface area contributed by atoms with Crippen LogP contribution in [0, 0.1) is 0 Å². The minimum Gasteiger partial charge on any atom is -0.481 e. The van der Waals surface area contributed by atoms with E-state index < -0.39 is 11.9 Å². The van der Waals surface area contributed by atoms with E-state index in [1.54, 1.807) is 12.1 Å². The van der Waals surface area contributed by atoms with Crippen molar-refractivity contribution in [2.24, 2.45) is 0 Å². The summed E-state index contributed by atoms with van der Waals surface area (Å²) in [6.07, 6.45) is -0.244. The molecule has 0 atom stereocenters. The molecule has 0 amide bonds. The lowest BCUT2D eigenvalue weighted by atomic mass is 10.2. The third-order valence-electron chi connectivity index (χ3n) is 1.80. The maximum atomic E-state index is 11.4. The molecule has 0 spiro atoms. The minimum absolute atomic E-state index is 0.114. The summed E-state index contributed by atoms with van der Waals surface area (Å²) >= 11 is 5.79. The first-order valence-electron chi connectivity index (χ1n) is 4.45. The summed E-state index contributed by atoms with van der Waals surface area (Å²) in [6, 6.07) is 4.58. The molecule has 0 saturated carbocycles. The van der Waals surface area contributed by atoms with Crippen LogP contribution in [-0.2, 0) is 9.53 Å². The Morgan fingerprint density at radius 2 is 2.12 bits per heavy atom. The Kier molecular flexibility index (Phi) is 4.13. The molecule has 0 bridgehead atoms. The van der Waals surface area contributed by atoms with Gasteiger partial charge in [-0.2, -0.15) is 0 Å². The lowest BCUT2D eigenvalue weighted by molar-refractivity contribution is -0.137. The summed E-state index contributed by atoms with van der Waals surface area (Å²) < 4.78 is 4.71. The van der Waals surface area contributed by atoms with E-state index in [1.165, 1.54) is 6.07 Å². The van der Waals surface area contributed by atoms with Gasteiger partial charge in [0.05, 0.1) is 22.7 Å². The molecule has 0 radical (unpaired) electrons. The lowest BCUT2D eigenvalue weighted by Gasteiger charge is -2.06. The van der Waals surface area contributed by atoms with Crippen molar-refractivity contribution in [1.82, 2.24) is 0 Å². The molecule has 0 fully saturated rings. The second kappa shape index (κ2) is 5.37. The van der Waals surface area contributed by atoms with Gasteiger partial charge in [0.1, 0.15) is 6.61 Å². The Labute approximate surface area is 96.8 Å². The normalized spacial score (nSPS) is 9.81. The first kappa shape index (κ1) is 12.3. The SMILES string of the molecule is Nc1cccc(C(=O)OCCC(=O)O)c1Cl. The number of carbonyl (C=O) groups is 2. The van der Waals surface area contributed by atoms with Gasteiger partial charge in [0.2, 0.25) is 0 Å². The van der Waals surface area contributed by atoms with Crippen molar-refractivity contribution in [2.45, 2.75) is 6.42 Å². The highest BCUT2D eigenvalue weighted by Gasteiger charge is 2.13. The fourth-order valence-electron chi connectivity index (χ4n) is 1.02. The summed E-state index contributed by atoms with van der Waals surface area (Å²) in [7, 11) is 0. The highest BCUT2D eigenvalue weighted by atomic mass is 35.5. The summed E-state index contributed by atoms with van der Waals surface area (Å²) in [6.45, 7) is -0.195. The van der Waals surface area contributed by atoms with Gasteiger partial charge >= 0.3 is 11.9 Å². The van der Waals surface area contributed by atoms with Crippen LogP contribution in [0.2, 0.25) is 5.02 Å². The minimum atomic E-state index is -1.04. The smallest absolute Gasteiger partial charge is 0.339 e. The molecule has 6 heteroatoms. The number of benzene rings is 1. The molecule has 0 aromatic heterocycles. The van der Waals surface area contributed by atoms with Crippen molar-refractivity contribution >= 4 is 29.2 Å². The van der Waals surface area contributed by atoms with Gasteiger partial charge in [-0.25, -0.2) is 4.79 Å². The Hall–Kier alpha value is -1.75. The molecule has 0 aliphatic heterocycles. The Morgan fingerprint density at radius 3 is 2.75 bits per heavy atom. The Bertz CT molecular complexity index is 419. The molecule has 3 N–H and O–H groups in total. The second-order valence-corrected chi connectivity index (χ2v) is 3.37. The van der Waals surface area contributed by atoms with Gasteiger partial charge < -0.3 is 15.6 Å². The van der Waals surface area contributed by atoms with Crippen LogP contribution in [0.1, 0.15) is 16.8 Å². The first-order chi connectivity index (χ1) is 7.52. The molecule has 0 heterocycles. The highest BCUT2D eigenvalue weighted by molar-refractivity contribution is 6.36. The fraction of sp³-hybridized carbons (Fsp3) is 0.200. The number of carboxylic acids is 1. The molecule has 0 aliphatic rings. The number of halogens is 1. The number of rotatable bonds is 4. The van der Waals surface area contributed by atoms with Gasteiger partial charge in [-0.15, -0.1) is 0 Å². The van der Waals surface area contributed by atoms with Gasteiger partial charge in [-0.3, -0.25) is 4.79 Å². The average Bonchev–Trinajstić information content (AvgIpc) is 2.21. The van der Waals surface area contributed by atoms with Crippen molar-refractivity contribution in [3.8, 4) is 0 Å². The maximum absolute atomic E-state index is 11.4. The van der Waals surface area contributed by atoms with Crippen molar-refractivity contribution in [3.05, 3.63) is 28.8 Å². The molecular weight excluding hydrogens is 234 g/mol. The third kappa shape index (κ3) is 3.13. The number of carboxylic acid groups (broad SMARTS) is 1. The van der Waals surface area contributed by atoms with E-state index in [9.17, 15) is 9.59 Å². The van der Waals surface area contributed by atoms with E-state index in [1.807, 2.05) is 0 Å². The molecule has 1 aromatic carbocycles. The number of hydrogen-bond donors (Lipinski definition) is 2. The van der Waals surface area contributed by atoms with Gasteiger partial charge in [-0.1, -0.05) is 17.7 Å². The first-order valence-corrected chi connectivity index (χ1v) is 4.83. The van der Waals surface area contributed by atoms with E-state index in [0.29, 0.717) is 0 Å². The lowest BCUT2D eigenvalue weighted by Crippen LogP contribution is -2.10. The van der Waals surface area contributed by atoms with Crippen molar-refractivity contribution < 1.29 is 19.4 Å². The highest BCUT2D eigenvalue weighted by Crippen LogP contribution is 2.23. The van der Waals surface area contributed by atoms with Crippen LogP contribution in [0.25, 0.3) is 0 Å². The van der Waals surface area contributed by atoms with E-state index in [4.69, 9.17) is 27.2 Å². The zero-order valence-corrected chi connectivity index (χ0v) is 9.03. The molecule has 86 valence electrons. The maximum Gasteiger partial charge on any atom is 0.339 e. The summed E-state index contributed by atoms with van der Waals surface area (Å²) in [5.74, 6) is -1.72. The quantitative estimate of drug-likeness (QED) is 0.619. The van der Waals surface area contributed by atoms with Crippen LogP contribution in [0.15, 0.2) is 18.2 Å². The zero-order valence-electron chi connectivity index (χ0n) is 8.27. The zero-order chi connectivity index (χ0) is 12.1. The summed E-state index contributed by atoms with van der Waals surface area (Å²) in [5.41, 5.74) is 5.91. The Balaban J connectivity index is 2.66. The van der Waals surface area contributed by atoms with Crippen LogP contribution in [0.5, 0.6) is 0 Å². The Morgan fingerprint density at radius 1 is 1.44 bits per heavy atom. The third-order valence-corrected chi connectivity index (χ3v) is 2.22. The molecule has 1 aromatic rings. The van der Waals surface area contributed by atoms with Crippen molar-refractivity contribution in [2.75, 3.05) is 12.3 Å². The van der Waals surface area contributed by atoms with Crippen LogP contribution in [0.4, 0.5) is 5.69 Å². The summed E-state index contributed by atoms with van der Waals surface area (Å²) in [4.78, 5) is 21.6. The van der Waals surface area contributed by atoms with Gasteiger partial charge in [-0.05, 0) is 12.1 Å². The largest absolute Gasteiger partial charge is 0.481 e. The molecule has 0 unspecified atom stereocenters. The monoisotopic (exact) mass is 243 g/mol. The predicted molar refractivity (Wildman–Crippen MR) is 58.4 cm³/mol. The summed E-state index contributed by atoms with van der Waals surface area (Å²) in [5, 5.41) is 8.47. The number of ether oxygens (including phenoxy) is 1. The predicted octanol–water partition coefficient (Wildman–Crippen LogP) is 1.55. The van der Waals surface area contributed by atoms with E-state index in [-0.39, 0.29) is 29.3 Å². The van der Waals surface area contributed by atoms with Crippen LogP contribution in [0.3, 0.4) is 0 Å². The van der Waals surface area contributed by atoms with Crippen molar-refractivity contribution in [3.63, 3.8) is 0 Å². The standard InChI is InChI=1S/C10H10ClNO4/c11-9-6(2-1-3-7(9)12)10(15)16-5-4-8(13)14/h1-3H,4-5,12H2,(H,13,14). The number of nitrogens with two attached hydrogens (primary N) is 1. The molecular formula is C10H10ClNO4. The van der Waals surface area contributed by atoms with Gasteiger partial charge in [0.25, 0.3) is 0 Å². The molecule has 0 saturated heterocycles. The number of anilines is 1. The van der Waals surface area contributed by atoms with E-state index >= 15 is 0 Å². The number of esters is 1. The number of nitrogen functional groups attached to an aromatic ring is 1. The van der Waals surface area contributed by atoms with Gasteiger partial charge in [0.15, 0.2) is 0 Å².